The van der Waals surface area contributed by atoms with E-state index in [1.165, 1.54) is 51.2 Å². The number of hydrogen-bond acceptors (Lipinski definition) is 5. The molecule has 0 radical (unpaired) electrons. The molecule has 1 aliphatic heterocycles. The molecule has 0 bridgehead atoms. The summed E-state index contributed by atoms with van der Waals surface area (Å²) in [7, 11) is 0. The third-order valence-corrected chi connectivity index (χ3v) is 6.18. The molecule has 2 aromatic rings. The molecule has 1 saturated carbocycles. The number of fused-ring (bicyclic) bond motifs is 1. The Morgan fingerprint density at radius 2 is 1.80 bits per heavy atom. The van der Waals surface area contributed by atoms with Gasteiger partial charge < -0.3 is 15.5 Å². The fourth-order valence-electron chi connectivity index (χ4n) is 4.64. The fourth-order valence-corrected chi connectivity index (χ4v) is 4.64. The summed E-state index contributed by atoms with van der Waals surface area (Å²) in [5.74, 6) is -0.0360. The van der Waals surface area contributed by atoms with E-state index in [0.717, 1.165) is 25.9 Å². The fraction of sp³-hybridized carbons (Fsp3) is 0.522. The monoisotopic (exact) mass is 411 g/mol. The molecule has 2 aliphatic rings. The van der Waals surface area contributed by atoms with Crippen molar-refractivity contribution >= 4 is 28.5 Å². The van der Waals surface area contributed by atoms with E-state index in [-0.39, 0.29) is 17.6 Å². The van der Waals surface area contributed by atoms with Crippen molar-refractivity contribution in [3.63, 3.8) is 0 Å². The van der Waals surface area contributed by atoms with E-state index in [1.807, 2.05) is 0 Å². The highest BCUT2D eigenvalue weighted by atomic mass is 19.1. The number of piperidine rings is 1. The second kappa shape index (κ2) is 9.08. The van der Waals surface area contributed by atoms with Gasteiger partial charge in [0, 0.05) is 36.6 Å². The van der Waals surface area contributed by atoms with Crippen LogP contribution in [0.15, 0.2) is 24.3 Å². The molecule has 0 atom stereocenters. The van der Waals surface area contributed by atoms with Gasteiger partial charge in [-0.25, -0.2) is 9.37 Å². The highest BCUT2D eigenvalue weighted by Crippen LogP contribution is 2.28. The molecule has 4 rings (SSSR count). The largest absolute Gasteiger partial charge is 0.356 e. The van der Waals surface area contributed by atoms with Crippen molar-refractivity contribution in [2.45, 2.75) is 64.0 Å². The van der Waals surface area contributed by atoms with Crippen LogP contribution < -0.4 is 15.5 Å². The topological polar surface area (TPSA) is 81.1 Å². The number of aromatic nitrogens is 1. The Morgan fingerprint density at radius 1 is 1.10 bits per heavy atom. The Labute approximate surface area is 176 Å². The molecule has 1 aliphatic carbocycles. The first kappa shape index (κ1) is 20.7. The van der Waals surface area contributed by atoms with Crippen molar-refractivity contribution in [3.8, 4) is 0 Å². The molecule has 1 saturated heterocycles. The predicted molar refractivity (Wildman–Crippen MR) is 118 cm³/mol. The highest BCUT2D eigenvalue weighted by molar-refractivity contribution is 6.09. The maximum absolute atomic E-state index is 13.7. The van der Waals surface area contributed by atoms with E-state index >= 15 is 0 Å². The van der Waals surface area contributed by atoms with Gasteiger partial charge in [0.2, 0.25) is 0 Å². The van der Waals surface area contributed by atoms with Gasteiger partial charge in [-0.15, -0.1) is 0 Å². The van der Waals surface area contributed by atoms with Crippen molar-refractivity contribution in [3.05, 3.63) is 35.6 Å². The van der Waals surface area contributed by atoms with Gasteiger partial charge in [-0.3, -0.25) is 10.2 Å². The summed E-state index contributed by atoms with van der Waals surface area (Å²) in [4.78, 5) is 19.5. The standard InChI is InChI=1S/C23H30FN5O/c1-15(25)26-23(30)20-13-16-7-8-17(24)14-21(16)28-22(20)29-11-9-19(10-12-29)27-18-5-3-2-4-6-18/h7-8,13-14,18-19,27H,2-6,9-12H2,1H3,(H2,25,26,30). The minimum absolute atomic E-state index is 0.0838. The molecule has 160 valence electrons. The molecule has 1 aromatic carbocycles. The maximum atomic E-state index is 13.7. The zero-order chi connectivity index (χ0) is 21.1. The number of hydrogen-bond donors (Lipinski definition) is 3. The number of halogens is 1. The number of nitrogens with zero attached hydrogens (tertiary/aromatic N) is 2. The van der Waals surface area contributed by atoms with Gasteiger partial charge in [0.05, 0.1) is 16.9 Å². The first-order chi connectivity index (χ1) is 14.5. The van der Waals surface area contributed by atoms with E-state index in [1.54, 1.807) is 12.1 Å². The Hall–Kier alpha value is -2.54. The van der Waals surface area contributed by atoms with Crippen molar-refractivity contribution in [2.24, 2.45) is 0 Å². The van der Waals surface area contributed by atoms with Crippen molar-refractivity contribution in [2.75, 3.05) is 18.0 Å². The Balaban J connectivity index is 1.54. The average Bonchev–Trinajstić information content (AvgIpc) is 2.73. The molecule has 3 N–H and O–H groups in total. The summed E-state index contributed by atoms with van der Waals surface area (Å²) in [6, 6.07) is 7.28. The number of nitrogens with one attached hydrogen (secondary N) is 3. The summed E-state index contributed by atoms with van der Waals surface area (Å²) in [5.41, 5.74) is 0.968. The van der Waals surface area contributed by atoms with Gasteiger partial charge >= 0.3 is 0 Å². The van der Waals surface area contributed by atoms with Crippen LogP contribution in [0.3, 0.4) is 0 Å². The van der Waals surface area contributed by atoms with Gasteiger partial charge in [0.25, 0.3) is 5.91 Å². The number of anilines is 1. The summed E-state index contributed by atoms with van der Waals surface area (Å²) in [5, 5.41) is 14.7. The number of carbonyl (C=O) groups is 1. The van der Waals surface area contributed by atoms with Crippen molar-refractivity contribution in [1.29, 1.82) is 5.41 Å². The van der Waals surface area contributed by atoms with Crippen LogP contribution in [0.25, 0.3) is 10.9 Å². The zero-order valence-electron chi connectivity index (χ0n) is 17.5. The molecular formula is C23H30FN5O. The minimum Gasteiger partial charge on any atom is -0.356 e. The molecule has 2 heterocycles. The second-order valence-corrected chi connectivity index (χ2v) is 8.54. The molecule has 0 unspecified atom stereocenters. The van der Waals surface area contributed by atoms with Crippen molar-refractivity contribution in [1.82, 2.24) is 15.6 Å². The highest BCUT2D eigenvalue weighted by Gasteiger charge is 2.26. The summed E-state index contributed by atoms with van der Waals surface area (Å²) < 4.78 is 13.7. The molecule has 30 heavy (non-hydrogen) atoms. The van der Waals surface area contributed by atoms with Crippen LogP contribution in [-0.4, -0.2) is 41.9 Å². The van der Waals surface area contributed by atoms with Crippen LogP contribution in [0.5, 0.6) is 0 Å². The molecule has 7 heteroatoms. The van der Waals surface area contributed by atoms with E-state index in [9.17, 15) is 9.18 Å². The average molecular weight is 412 g/mol. The first-order valence-corrected chi connectivity index (χ1v) is 11.0. The van der Waals surface area contributed by atoms with Crippen LogP contribution in [0.4, 0.5) is 10.2 Å². The number of amides is 1. The summed E-state index contributed by atoms with van der Waals surface area (Å²) in [6.07, 6.45) is 8.51. The van der Waals surface area contributed by atoms with E-state index < -0.39 is 0 Å². The molecule has 0 spiro atoms. The molecular weight excluding hydrogens is 381 g/mol. The first-order valence-electron chi connectivity index (χ1n) is 11.0. The third kappa shape index (κ3) is 4.78. The number of rotatable bonds is 4. The lowest BCUT2D eigenvalue weighted by Crippen LogP contribution is -2.47. The number of pyridine rings is 1. The molecule has 2 fully saturated rings. The Kier molecular flexibility index (Phi) is 6.27. The Bertz CT molecular complexity index is 933. The molecule has 1 amide bonds. The van der Waals surface area contributed by atoms with Crippen molar-refractivity contribution < 1.29 is 9.18 Å². The maximum Gasteiger partial charge on any atom is 0.260 e. The number of amidine groups is 1. The minimum atomic E-state index is -0.348. The normalized spacial score (nSPS) is 18.5. The number of carbonyl (C=O) groups excluding carboxylic acids is 1. The van der Waals surface area contributed by atoms with Crippen LogP contribution in [0.2, 0.25) is 0 Å². The van der Waals surface area contributed by atoms with Gasteiger partial charge in [0.1, 0.15) is 11.6 Å². The Morgan fingerprint density at radius 3 is 2.50 bits per heavy atom. The summed E-state index contributed by atoms with van der Waals surface area (Å²) >= 11 is 0. The quantitative estimate of drug-likeness (QED) is 0.525. The lowest BCUT2D eigenvalue weighted by molar-refractivity contribution is 0.0977. The zero-order valence-corrected chi connectivity index (χ0v) is 17.5. The SMILES string of the molecule is CC(=N)NC(=O)c1cc2ccc(F)cc2nc1N1CCC(NC2CCCCC2)CC1. The smallest absolute Gasteiger partial charge is 0.260 e. The third-order valence-electron chi connectivity index (χ3n) is 6.18. The lowest BCUT2D eigenvalue weighted by Gasteiger charge is -2.36. The van der Waals surface area contributed by atoms with Crippen LogP contribution in [-0.2, 0) is 0 Å². The number of benzene rings is 1. The van der Waals surface area contributed by atoms with Gasteiger partial charge in [-0.05, 0) is 50.8 Å². The van der Waals surface area contributed by atoms with Gasteiger partial charge in [0.15, 0.2) is 0 Å². The van der Waals surface area contributed by atoms with Gasteiger partial charge in [-0.2, -0.15) is 0 Å². The van der Waals surface area contributed by atoms with E-state index in [2.05, 4.69) is 20.5 Å². The van der Waals surface area contributed by atoms with E-state index in [4.69, 9.17) is 5.41 Å². The summed E-state index contributed by atoms with van der Waals surface area (Å²) in [6.45, 7) is 3.12. The van der Waals surface area contributed by atoms with Crippen LogP contribution in [0.1, 0.15) is 62.2 Å². The molecule has 1 aromatic heterocycles. The van der Waals surface area contributed by atoms with E-state index in [0.29, 0.717) is 34.4 Å². The van der Waals surface area contributed by atoms with Crippen LogP contribution in [0, 0.1) is 11.2 Å². The predicted octanol–water partition coefficient (Wildman–Crippen LogP) is 3.99. The lowest BCUT2D eigenvalue weighted by atomic mass is 9.93. The van der Waals surface area contributed by atoms with Crippen LogP contribution >= 0.6 is 0 Å². The molecule has 6 nitrogen and oxygen atoms in total. The second-order valence-electron chi connectivity index (χ2n) is 8.54. The van der Waals surface area contributed by atoms with Gasteiger partial charge in [-0.1, -0.05) is 19.3 Å².